The fourth-order valence-electron chi connectivity index (χ4n) is 2.50. The van der Waals surface area contributed by atoms with Crippen LogP contribution in [0.15, 0.2) is 15.4 Å². The maximum atomic E-state index is 12.4. The van der Waals surface area contributed by atoms with Gasteiger partial charge in [0.1, 0.15) is 10.7 Å². The third-order valence-electron chi connectivity index (χ3n) is 3.23. The minimum atomic E-state index is -3.88. The molecule has 0 saturated carbocycles. The van der Waals surface area contributed by atoms with E-state index in [1.54, 1.807) is 4.90 Å². The van der Waals surface area contributed by atoms with E-state index in [2.05, 4.69) is 5.32 Å². The number of nitrogens with two attached hydrogens (primary N) is 1. The van der Waals surface area contributed by atoms with E-state index in [0.717, 1.165) is 0 Å². The maximum absolute atomic E-state index is 12.4. The Kier molecular flexibility index (Phi) is 3.90. The van der Waals surface area contributed by atoms with Crippen LogP contribution in [0.4, 0.5) is 0 Å². The second kappa shape index (κ2) is 5.19. The van der Waals surface area contributed by atoms with Crippen LogP contribution >= 0.6 is 0 Å². The molecule has 112 valence electrons. The summed E-state index contributed by atoms with van der Waals surface area (Å²) in [4.78, 5) is 13.9. The number of amides is 1. The van der Waals surface area contributed by atoms with Crippen molar-refractivity contribution in [2.24, 2.45) is 5.14 Å². The smallest absolute Gasteiger partial charge is 0.289 e. The summed E-state index contributed by atoms with van der Waals surface area (Å²) in [7, 11) is -3.88. The van der Waals surface area contributed by atoms with Gasteiger partial charge in [-0.25, -0.2) is 13.6 Å². The minimum absolute atomic E-state index is 0.00725. The molecule has 0 aromatic carbocycles. The van der Waals surface area contributed by atoms with Crippen LogP contribution in [0.3, 0.4) is 0 Å². The monoisotopic (exact) mass is 301 g/mol. The summed E-state index contributed by atoms with van der Waals surface area (Å²) in [6.07, 6.45) is 0. The molecule has 0 aliphatic carbocycles. The highest BCUT2D eigenvalue weighted by atomic mass is 32.2. The van der Waals surface area contributed by atoms with Crippen LogP contribution in [-0.2, 0) is 10.0 Å². The third kappa shape index (κ3) is 3.02. The van der Waals surface area contributed by atoms with Gasteiger partial charge in [0, 0.05) is 31.2 Å². The first-order chi connectivity index (χ1) is 9.18. The summed E-state index contributed by atoms with van der Waals surface area (Å²) in [5.41, 5.74) is 0. The zero-order chi connectivity index (χ0) is 15.1. The molecule has 2 rings (SSSR count). The number of sulfonamides is 1. The van der Waals surface area contributed by atoms with Gasteiger partial charge in [-0.05, 0) is 20.8 Å². The first kappa shape index (κ1) is 15.0. The predicted octanol–water partition coefficient (Wildman–Crippen LogP) is 0.0578. The highest BCUT2D eigenvalue weighted by Gasteiger charge is 2.29. The number of carbonyl (C=O) groups is 1. The summed E-state index contributed by atoms with van der Waals surface area (Å²) in [5.74, 6) is -0.178. The zero-order valence-electron chi connectivity index (χ0n) is 11.7. The molecular weight excluding hydrogens is 282 g/mol. The number of hydrogen-bond acceptors (Lipinski definition) is 5. The number of furan rings is 1. The number of piperazine rings is 1. The van der Waals surface area contributed by atoms with E-state index in [-0.39, 0.29) is 34.4 Å². The molecule has 1 fully saturated rings. The van der Waals surface area contributed by atoms with Crippen LogP contribution in [-0.4, -0.2) is 44.4 Å². The molecule has 0 radical (unpaired) electrons. The van der Waals surface area contributed by atoms with Crippen molar-refractivity contribution in [3.63, 3.8) is 0 Å². The number of nitrogens with one attached hydrogen (secondary N) is 1. The largest absolute Gasteiger partial charge is 0.455 e. The summed E-state index contributed by atoms with van der Waals surface area (Å²) < 4.78 is 28.0. The molecule has 1 aromatic heterocycles. The van der Waals surface area contributed by atoms with Crippen LogP contribution in [0.1, 0.15) is 30.2 Å². The first-order valence-electron chi connectivity index (χ1n) is 6.37. The summed E-state index contributed by atoms with van der Waals surface area (Å²) in [5, 5.41) is 8.39. The van der Waals surface area contributed by atoms with Crippen LogP contribution in [0.2, 0.25) is 0 Å². The van der Waals surface area contributed by atoms with Crippen molar-refractivity contribution in [3.05, 3.63) is 17.6 Å². The van der Waals surface area contributed by atoms with Gasteiger partial charge in [0.15, 0.2) is 5.76 Å². The lowest BCUT2D eigenvalue weighted by molar-refractivity contribution is 0.0640. The van der Waals surface area contributed by atoms with Crippen molar-refractivity contribution < 1.29 is 17.6 Å². The van der Waals surface area contributed by atoms with E-state index >= 15 is 0 Å². The van der Waals surface area contributed by atoms with E-state index in [0.29, 0.717) is 13.1 Å². The Morgan fingerprint density at radius 2 is 1.95 bits per heavy atom. The molecule has 0 spiro atoms. The Labute approximate surface area is 118 Å². The molecule has 1 saturated heterocycles. The molecule has 1 aromatic rings. The van der Waals surface area contributed by atoms with Gasteiger partial charge < -0.3 is 14.6 Å². The Morgan fingerprint density at radius 1 is 1.40 bits per heavy atom. The van der Waals surface area contributed by atoms with Crippen molar-refractivity contribution in [1.82, 2.24) is 10.2 Å². The van der Waals surface area contributed by atoms with Gasteiger partial charge in [-0.3, -0.25) is 4.79 Å². The first-order valence-corrected chi connectivity index (χ1v) is 7.91. The number of primary sulfonamides is 1. The topological polar surface area (TPSA) is 106 Å². The van der Waals surface area contributed by atoms with Crippen LogP contribution in [0.5, 0.6) is 0 Å². The summed E-state index contributed by atoms with van der Waals surface area (Å²) >= 11 is 0. The van der Waals surface area contributed by atoms with Gasteiger partial charge in [-0.2, -0.15) is 0 Å². The molecule has 7 nitrogen and oxygen atoms in total. The van der Waals surface area contributed by atoms with Gasteiger partial charge in [-0.15, -0.1) is 0 Å². The number of carbonyl (C=O) groups excluding carboxylic acids is 1. The molecule has 0 bridgehead atoms. The fraction of sp³-hybridized carbons (Fsp3) is 0.583. The number of rotatable bonds is 2. The molecule has 8 heteroatoms. The van der Waals surface area contributed by atoms with Crippen LogP contribution in [0.25, 0.3) is 0 Å². The zero-order valence-corrected chi connectivity index (χ0v) is 12.5. The van der Waals surface area contributed by atoms with E-state index in [1.807, 2.05) is 13.8 Å². The van der Waals surface area contributed by atoms with Gasteiger partial charge in [0.2, 0.25) is 10.0 Å². The Morgan fingerprint density at radius 3 is 2.40 bits per heavy atom. The van der Waals surface area contributed by atoms with Crippen molar-refractivity contribution in [3.8, 4) is 0 Å². The molecule has 2 heterocycles. The number of hydrogen-bond donors (Lipinski definition) is 2. The van der Waals surface area contributed by atoms with Crippen LogP contribution in [0, 0.1) is 6.92 Å². The second-order valence-electron chi connectivity index (χ2n) is 5.25. The summed E-state index contributed by atoms with van der Waals surface area (Å²) in [6, 6.07) is 1.55. The van der Waals surface area contributed by atoms with Crippen molar-refractivity contribution in [2.45, 2.75) is 37.8 Å². The van der Waals surface area contributed by atoms with E-state index in [1.165, 1.54) is 13.0 Å². The molecule has 0 unspecified atom stereocenters. The normalized spacial score (nSPS) is 23.9. The summed E-state index contributed by atoms with van der Waals surface area (Å²) in [6.45, 7) is 6.54. The van der Waals surface area contributed by atoms with E-state index in [4.69, 9.17) is 9.56 Å². The quantitative estimate of drug-likeness (QED) is 0.803. The molecular formula is C12H19N3O4S. The standard InChI is InChI=1S/C12H19N3O4S/c1-7-5-15(6-8(2)14-7)12(16)10-4-11(9(3)19-10)20(13,17)18/h4,7-8,14H,5-6H2,1-3H3,(H2,13,17,18)/t7-,8-/m1/s1. The lowest BCUT2D eigenvalue weighted by atomic mass is 10.1. The number of aryl methyl sites for hydroxylation is 1. The molecule has 2 atom stereocenters. The highest BCUT2D eigenvalue weighted by Crippen LogP contribution is 2.20. The third-order valence-corrected chi connectivity index (χ3v) is 4.25. The SMILES string of the molecule is Cc1oc(C(=O)N2C[C@@H](C)N[C@H](C)C2)cc1S(N)(=O)=O. The van der Waals surface area contributed by atoms with Crippen LogP contribution < -0.4 is 10.5 Å². The van der Waals surface area contributed by atoms with Crippen molar-refractivity contribution >= 4 is 15.9 Å². The molecule has 1 aliphatic heterocycles. The van der Waals surface area contributed by atoms with Gasteiger partial charge in [0.05, 0.1) is 0 Å². The maximum Gasteiger partial charge on any atom is 0.289 e. The lowest BCUT2D eigenvalue weighted by Gasteiger charge is -2.35. The van der Waals surface area contributed by atoms with Gasteiger partial charge in [0.25, 0.3) is 5.91 Å². The minimum Gasteiger partial charge on any atom is -0.455 e. The molecule has 3 N–H and O–H groups in total. The van der Waals surface area contributed by atoms with E-state index in [9.17, 15) is 13.2 Å². The molecule has 1 aliphatic rings. The molecule has 20 heavy (non-hydrogen) atoms. The average molecular weight is 301 g/mol. The van der Waals surface area contributed by atoms with Crippen molar-refractivity contribution in [2.75, 3.05) is 13.1 Å². The Bertz CT molecular complexity index is 613. The lowest BCUT2D eigenvalue weighted by Crippen LogP contribution is -2.55. The Balaban J connectivity index is 2.26. The number of nitrogens with zero attached hydrogens (tertiary/aromatic N) is 1. The average Bonchev–Trinajstić information content (AvgIpc) is 2.68. The fourth-order valence-corrected chi connectivity index (χ4v) is 3.22. The van der Waals surface area contributed by atoms with Gasteiger partial charge >= 0.3 is 0 Å². The predicted molar refractivity (Wildman–Crippen MR) is 72.8 cm³/mol. The molecule has 1 amide bonds. The van der Waals surface area contributed by atoms with Crippen molar-refractivity contribution in [1.29, 1.82) is 0 Å². The van der Waals surface area contributed by atoms with E-state index < -0.39 is 10.0 Å². The Hall–Kier alpha value is -1.38. The van der Waals surface area contributed by atoms with Gasteiger partial charge in [-0.1, -0.05) is 0 Å². The second-order valence-corrected chi connectivity index (χ2v) is 6.78. The highest BCUT2D eigenvalue weighted by molar-refractivity contribution is 7.89.